The molecule has 0 aliphatic carbocycles. The van der Waals surface area contributed by atoms with E-state index in [1.54, 1.807) is 0 Å². The molecule has 3 rings (SSSR count). The van der Waals surface area contributed by atoms with Crippen molar-refractivity contribution in [2.24, 2.45) is 0 Å². The Kier molecular flexibility index (Phi) is 6.21. The minimum Gasteiger partial charge on any atom is -0.314 e. The van der Waals surface area contributed by atoms with Gasteiger partial charge in [0.15, 0.2) is 0 Å². The molecule has 2 heterocycles. The van der Waals surface area contributed by atoms with Gasteiger partial charge < -0.3 is 5.32 Å². The first-order valence-electron chi connectivity index (χ1n) is 7.34. The molecule has 0 radical (unpaired) electrons. The van der Waals surface area contributed by atoms with Gasteiger partial charge in [0.2, 0.25) is 0 Å². The van der Waals surface area contributed by atoms with Gasteiger partial charge in [0.1, 0.15) is 0 Å². The lowest BCUT2D eigenvalue weighted by molar-refractivity contribution is 0.153. The van der Waals surface area contributed by atoms with E-state index in [0.717, 1.165) is 31.2 Å². The standard InChI is InChI=1S/C17H20ClN3.ClH/c1-13-10-16(18)3-2-15(13)12-21-9-8-20-11-17(21)14-4-6-19-7-5-14;/h2-7,10,17,20H,8-9,11-12H2,1H3;1H. The van der Waals surface area contributed by atoms with Gasteiger partial charge in [-0.1, -0.05) is 17.7 Å². The van der Waals surface area contributed by atoms with Crippen molar-refractivity contribution in [3.8, 4) is 0 Å². The quantitative estimate of drug-likeness (QED) is 0.927. The lowest BCUT2D eigenvalue weighted by Gasteiger charge is -2.36. The molecule has 5 heteroatoms. The Morgan fingerprint density at radius 1 is 1.27 bits per heavy atom. The highest BCUT2D eigenvalue weighted by Crippen LogP contribution is 2.25. The minimum atomic E-state index is 0. The zero-order valence-corrected chi connectivity index (χ0v) is 14.2. The van der Waals surface area contributed by atoms with Gasteiger partial charge in [-0.2, -0.15) is 0 Å². The van der Waals surface area contributed by atoms with Crippen molar-refractivity contribution < 1.29 is 0 Å². The molecule has 1 unspecified atom stereocenters. The SMILES string of the molecule is Cc1cc(Cl)ccc1CN1CCNCC1c1ccncc1.Cl. The summed E-state index contributed by atoms with van der Waals surface area (Å²) in [6, 6.07) is 10.8. The maximum absolute atomic E-state index is 6.05. The van der Waals surface area contributed by atoms with Gasteiger partial charge in [0, 0.05) is 49.6 Å². The van der Waals surface area contributed by atoms with Gasteiger partial charge in [-0.25, -0.2) is 0 Å². The third kappa shape index (κ3) is 3.99. The fraction of sp³-hybridized carbons (Fsp3) is 0.353. The van der Waals surface area contributed by atoms with Crippen molar-refractivity contribution in [1.29, 1.82) is 0 Å². The van der Waals surface area contributed by atoms with Crippen LogP contribution < -0.4 is 5.32 Å². The molecule has 1 saturated heterocycles. The topological polar surface area (TPSA) is 28.2 Å². The molecule has 1 N–H and O–H groups in total. The van der Waals surface area contributed by atoms with Crippen LogP contribution in [0.3, 0.4) is 0 Å². The number of aromatic nitrogens is 1. The second-order valence-electron chi connectivity index (χ2n) is 5.54. The summed E-state index contributed by atoms with van der Waals surface area (Å²) in [5.74, 6) is 0. The number of piperazine rings is 1. The summed E-state index contributed by atoms with van der Waals surface area (Å²) in [5, 5.41) is 4.30. The van der Waals surface area contributed by atoms with E-state index < -0.39 is 0 Å². The largest absolute Gasteiger partial charge is 0.314 e. The van der Waals surface area contributed by atoms with Crippen LogP contribution in [0.5, 0.6) is 0 Å². The number of aryl methyl sites for hydroxylation is 1. The Morgan fingerprint density at radius 3 is 2.77 bits per heavy atom. The van der Waals surface area contributed by atoms with E-state index in [-0.39, 0.29) is 12.4 Å². The minimum absolute atomic E-state index is 0. The molecular weight excluding hydrogens is 317 g/mol. The monoisotopic (exact) mass is 337 g/mol. The maximum Gasteiger partial charge on any atom is 0.0477 e. The fourth-order valence-electron chi connectivity index (χ4n) is 2.91. The normalized spacial score (nSPS) is 18.7. The van der Waals surface area contributed by atoms with Gasteiger partial charge in [0.05, 0.1) is 0 Å². The molecule has 0 saturated carbocycles. The second-order valence-corrected chi connectivity index (χ2v) is 5.98. The molecule has 1 aromatic carbocycles. The maximum atomic E-state index is 6.05. The fourth-order valence-corrected chi connectivity index (χ4v) is 3.13. The molecule has 1 aliphatic heterocycles. The molecule has 22 heavy (non-hydrogen) atoms. The molecule has 0 spiro atoms. The smallest absolute Gasteiger partial charge is 0.0477 e. The summed E-state index contributed by atoms with van der Waals surface area (Å²) >= 11 is 6.05. The number of rotatable bonds is 3. The average Bonchev–Trinajstić information content (AvgIpc) is 2.51. The zero-order chi connectivity index (χ0) is 14.7. The number of benzene rings is 1. The van der Waals surface area contributed by atoms with Crippen molar-refractivity contribution >= 4 is 24.0 Å². The molecule has 1 aromatic heterocycles. The molecule has 1 fully saturated rings. The Bertz CT molecular complexity index is 604. The van der Waals surface area contributed by atoms with E-state index >= 15 is 0 Å². The van der Waals surface area contributed by atoms with Gasteiger partial charge in [0.25, 0.3) is 0 Å². The molecule has 118 valence electrons. The molecule has 1 aliphatic rings. The van der Waals surface area contributed by atoms with Crippen molar-refractivity contribution in [2.45, 2.75) is 19.5 Å². The lowest BCUT2D eigenvalue weighted by atomic mass is 10.0. The number of halogens is 2. The van der Waals surface area contributed by atoms with Crippen LogP contribution in [0.4, 0.5) is 0 Å². The molecule has 0 amide bonds. The second kappa shape index (κ2) is 7.93. The van der Waals surface area contributed by atoms with Crippen LogP contribution in [0, 0.1) is 6.92 Å². The lowest BCUT2D eigenvalue weighted by Crippen LogP contribution is -2.45. The van der Waals surface area contributed by atoms with E-state index in [1.165, 1.54) is 16.7 Å². The highest BCUT2D eigenvalue weighted by Gasteiger charge is 2.24. The summed E-state index contributed by atoms with van der Waals surface area (Å²) in [6.45, 7) is 6.16. The number of hydrogen-bond donors (Lipinski definition) is 1. The third-order valence-electron chi connectivity index (χ3n) is 4.12. The number of hydrogen-bond acceptors (Lipinski definition) is 3. The van der Waals surface area contributed by atoms with Crippen molar-refractivity contribution in [2.75, 3.05) is 19.6 Å². The number of pyridine rings is 1. The summed E-state index contributed by atoms with van der Waals surface area (Å²) in [7, 11) is 0. The van der Waals surface area contributed by atoms with E-state index in [0.29, 0.717) is 6.04 Å². The highest BCUT2D eigenvalue weighted by atomic mass is 35.5. The molecule has 0 bridgehead atoms. The van der Waals surface area contributed by atoms with Crippen LogP contribution >= 0.6 is 24.0 Å². The number of nitrogens with one attached hydrogen (secondary N) is 1. The van der Waals surface area contributed by atoms with Crippen LogP contribution in [0.25, 0.3) is 0 Å². The first-order valence-corrected chi connectivity index (χ1v) is 7.71. The summed E-state index contributed by atoms with van der Waals surface area (Å²) in [5.41, 5.74) is 3.93. The van der Waals surface area contributed by atoms with Gasteiger partial charge >= 0.3 is 0 Å². The number of nitrogens with zero attached hydrogens (tertiary/aromatic N) is 2. The van der Waals surface area contributed by atoms with E-state index in [4.69, 9.17) is 11.6 Å². The molecule has 1 atom stereocenters. The average molecular weight is 338 g/mol. The zero-order valence-electron chi connectivity index (χ0n) is 12.6. The van der Waals surface area contributed by atoms with Crippen LogP contribution in [-0.2, 0) is 6.54 Å². The van der Waals surface area contributed by atoms with E-state index in [1.807, 2.05) is 24.5 Å². The van der Waals surface area contributed by atoms with Gasteiger partial charge in [-0.15, -0.1) is 12.4 Å². The molecule has 2 aromatic rings. The van der Waals surface area contributed by atoms with Crippen LogP contribution in [0.15, 0.2) is 42.7 Å². The summed E-state index contributed by atoms with van der Waals surface area (Å²) in [6.07, 6.45) is 3.74. The van der Waals surface area contributed by atoms with Gasteiger partial charge in [-0.05, 0) is 47.9 Å². The highest BCUT2D eigenvalue weighted by molar-refractivity contribution is 6.30. The third-order valence-corrected chi connectivity index (χ3v) is 4.36. The first-order chi connectivity index (χ1) is 10.2. The van der Waals surface area contributed by atoms with Crippen LogP contribution in [-0.4, -0.2) is 29.5 Å². The predicted octanol–water partition coefficient (Wildman–Crippen LogP) is 3.61. The van der Waals surface area contributed by atoms with Crippen LogP contribution in [0.2, 0.25) is 5.02 Å². The first kappa shape index (κ1) is 17.2. The predicted molar refractivity (Wildman–Crippen MR) is 93.7 cm³/mol. The summed E-state index contributed by atoms with van der Waals surface area (Å²) < 4.78 is 0. The van der Waals surface area contributed by atoms with Crippen LogP contribution in [0.1, 0.15) is 22.7 Å². The Labute approximate surface area is 143 Å². The van der Waals surface area contributed by atoms with E-state index in [2.05, 4.69) is 40.3 Å². The van der Waals surface area contributed by atoms with Crippen molar-refractivity contribution in [3.05, 3.63) is 64.4 Å². The molecular formula is C17H21Cl2N3. The summed E-state index contributed by atoms with van der Waals surface area (Å²) in [4.78, 5) is 6.65. The van der Waals surface area contributed by atoms with E-state index in [9.17, 15) is 0 Å². The Morgan fingerprint density at radius 2 is 2.05 bits per heavy atom. The van der Waals surface area contributed by atoms with Crippen molar-refractivity contribution in [3.63, 3.8) is 0 Å². The van der Waals surface area contributed by atoms with Gasteiger partial charge in [-0.3, -0.25) is 9.88 Å². The Hall–Kier alpha value is -1.13. The molecule has 3 nitrogen and oxygen atoms in total. The Balaban J connectivity index is 0.00000176. The van der Waals surface area contributed by atoms with Crippen molar-refractivity contribution in [1.82, 2.24) is 15.2 Å².